The average molecular weight is 1620 g/mol. The number of carboxylic acids is 1. The first-order valence-corrected chi connectivity index (χ1v) is 41.9. The van der Waals surface area contributed by atoms with E-state index in [0.717, 1.165) is 125 Å². The summed E-state index contributed by atoms with van der Waals surface area (Å²) in [5.74, 6) is 0.337. The Morgan fingerprint density at radius 1 is 0.556 bits per heavy atom. The number of thiophene rings is 3. The molecule has 0 atom stereocenters. The minimum atomic E-state index is -5.08. The lowest BCUT2D eigenvalue weighted by atomic mass is 9.89. The van der Waals surface area contributed by atoms with Crippen molar-refractivity contribution in [2.75, 3.05) is 104 Å². The van der Waals surface area contributed by atoms with Gasteiger partial charge in [-0.15, -0.1) is 34.0 Å². The zero-order chi connectivity index (χ0) is 78.2. The fourth-order valence-electron chi connectivity index (χ4n) is 11.9. The number of sulfonamides is 3. The van der Waals surface area contributed by atoms with Crippen LogP contribution in [0.4, 0.5) is 58.3 Å². The minimum Gasteiger partial charge on any atom is -0.495 e. The summed E-state index contributed by atoms with van der Waals surface area (Å²) in [6, 6.07) is 34.5. The van der Waals surface area contributed by atoms with Gasteiger partial charge in [0.2, 0.25) is 47.3 Å². The maximum Gasteiger partial charge on any atom is 0.490 e. The van der Waals surface area contributed by atoms with Crippen molar-refractivity contribution in [1.82, 2.24) is 40.1 Å². The maximum atomic E-state index is 12.5. The van der Waals surface area contributed by atoms with E-state index >= 15 is 0 Å². The molecular formula is C73H79ClF3N13O12S6. The quantitative estimate of drug-likeness (QED) is 0.0616. The van der Waals surface area contributed by atoms with Gasteiger partial charge >= 0.3 is 18.2 Å². The van der Waals surface area contributed by atoms with Gasteiger partial charge in [0.15, 0.2) is 0 Å². The summed E-state index contributed by atoms with van der Waals surface area (Å²) < 4.78 is 128. The fourth-order valence-corrected chi connectivity index (χ4v) is 16.1. The zero-order valence-electron chi connectivity index (χ0n) is 60.5. The zero-order valence-corrected chi connectivity index (χ0v) is 66.2. The number of aromatic nitrogens is 6. The lowest BCUT2D eigenvalue weighted by molar-refractivity contribution is -0.192. The van der Waals surface area contributed by atoms with Crippen molar-refractivity contribution in [2.24, 2.45) is 0 Å². The Balaban J connectivity index is 0.000000172. The van der Waals surface area contributed by atoms with Crippen LogP contribution in [0.25, 0.3) is 64.0 Å². The number of piperidine rings is 2. The van der Waals surface area contributed by atoms with Crippen LogP contribution >= 0.6 is 45.6 Å². The number of hydrogen-bond donors (Lipinski definition) is 4. The van der Waals surface area contributed by atoms with E-state index in [0.29, 0.717) is 59.6 Å². The molecule has 0 spiro atoms. The first-order valence-electron chi connectivity index (χ1n) is 33.4. The van der Waals surface area contributed by atoms with Gasteiger partial charge in [0, 0.05) is 90.0 Å². The van der Waals surface area contributed by atoms with Crippen molar-refractivity contribution >= 4 is 159 Å². The Kier molecular flexibility index (Phi) is 25.4. The van der Waals surface area contributed by atoms with Gasteiger partial charge in [-0.05, 0) is 137 Å². The summed E-state index contributed by atoms with van der Waals surface area (Å²) in [5, 5.41) is 23.2. The first kappa shape index (κ1) is 81.0. The molecule has 8 heterocycles. The van der Waals surface area contributed by atoms with Gasteiger partial charge in [0.25, 0.3) is 0 Å². The highest BCUT2D eigenvalue weighted by molar-refractivity contribution is 7.92. The summed E-state index contributed by atoms with van der Waals surface area (Å²) in [6.07, 6.45) is 7.35. The molecule has 0 radical (unpaired) electrons. The number of nitrogens with one attached hydrogen (secondary N) is 3. The number of nitrogens with zero attached hydrogens (tertiary/aromatic N) is 10. The standard InChI is InChI=1S/C31H37N5O5S2.C26H29N5O3S2.C14H12ClN3O2S2.C2HF3O2/c1-31(2,3)41-30(37)36-15-13-20(14-16-36)21-11-12-24(26(17-21)40-5)33-29-32-18-27-28(34-29)23(19-42-27)22-9-7-8-10-25(22)35(4)43(6,38)39;1-31(36(3,32)33)22-7-5-4-6-19(22)20-16-35-24-15-28-26(30-25(20)24)29-21-9-8-18(14-23(21)34-2)17-10-12-27-13-11-17;1-18(22(2,19)20)11-6-4-3-5-9(11)10-8-21-12-7-16-14(15)17-13(10)12;3-2(4,5)1(6)7/h7-12,17-20H,13-16H2,1-6H3,(H,32,33,34);4-9,14-17,27H,10-13H2,1-3H3,(H,28,29,30);3-8H,1-2H3;(H,6,7). The number of fused-ring (bicyclic) bond motifs is 3. The molecule has 13 rings (SSSR count). The predicted molar refractivity (Wildman–Crippen MR) is 424 cm³/mol. The van der Waals surface area contributed by atoms with Crippen LogP contribution in [0.1, 0.15) is 69.4 Å². The molecule has 35 heteroatoms. The third-order valence-electron chi connectivity index (χ3n) is 17.6. The predicted octanol–water partition coefficient (Wildman–Crippen LogP) is 15.6. The number of para-hydroxylation sites is 3. The van der Waals surface area contributed by atoms with Crippen molar-refractivity contribution in [3.8, 4) is 44.9 Å². The molecular weight excluding hydrogens is 1540 g/mol. The lowest BCUT2D eigenvalue weighted by Crippen LogP contribution is -2.41. The molecule has 4 N–H and O–H groups in total. The number of halogens is 4. The molecule has 25 nitrogen and oxygen atoms in total. The number of methoxy groups -OCH3 is 2. The molecule has 5 aromatic carbocycles. The van der Waals surface area contributed by atoms with Crippen LogP contribution in [0, 0.1) is 0 Å². The number of likely N-dealkylation sites (tertiary alicyclic amines) is 1. The number of ether oxygens (including phenoxy) is 3. The van der Waals surface area contributed by atoms with Crippen LogP contribution < -0.4 is 38.3 Å². The molecule has 2 aliphatic heterocycles. The van der Waals surface area contributed by atoms with E-state index in [1.807, 2.05) is 104 Å². The number of benzene rings is 5. The fraction of sp³-hybridized carbons (Fsp3) is 0.315. The Morgan fingerprint density at radius 3 is 1.26 bits per heavy atom. The maximum absolute atomic E-state index is 12.5. The van der Waals surface area contributed by atoms with Crippen LogP contribution in [-0.4, -0.2) is 169 Å². The van der Waals surface area contributed by atoms with Gasteiger partial charge in [-0.2, -0.15) is 13.2 Å². The summed E-state index contributed by atoms with van der Waals surface area (Å²) in [6.45, 7) is 8.98. The molecule has 0 saturated carbocycles. The topological polar surface area (TPSA) is 311 Å². The molecule has 2 aliphatic rings. The Morgan fingerprint density at radius 2 is 0.907 bits per heavy atom. The summed E-state index contributed by atoms with van der Waals surface area (Å²) in [5.41, 5.74) is 12.3. The second-order valence-corrected chi connectivity index (χ2v) is 35.2. The van der Waals surface area contributed by atoms with Crippen LogP contribution in [-0.2, 0) is 39.6 Å². The number of rotatable bonds is 17. The summed E-state index contributed by atoms with van der Waals surface area (Å²) >= 11 is 10.4. The molecule has 0 bridgehead atoms. The molecule has 1 amide bonds. The van der Waals surface area contributed by atoms with Gasteiger partial charge in [0.05, 0.1) is 104 Å². The van der Waals surface area contributed by atoms with Crippen molar-refractivity contribution in [1.29, 1.82) is 0 Å². The molecule has 2 fully saturated rings. The summed E-state index contributed by atoms with van der Waals surface area (Å²) in [7, 11) is -2.28. The van der Waals surface area contributed by atoms with Gasteiger partial charge in [-0.1, -0.05) is 66.7 Å². The summed E-state index contributed by atoms with van der Waals surface area (Å²) in [4.78, 5) is 50.0. The number of amides is 1. The van der Waals surface area contributed by atoms with E-state index in [9.17, 15) is 43.2 Å². The molecule has 11 aromatic rings. The molecule has 572 valence electrons. The smallest absolute Gasteiger partial charge is 0.490 e. The molecule has 2 saturated heterocycles. The Hall–Kier alpha value is -9.55. The van der Waals surface area contributed by atoms with Gasteiger partial charge < -0.3 is 40.2 Å². The first-order chi connectivity index (χ1) is 51.0. The SMILES string of the molecule is CN(c1ccccc1-c1csc2cnc(Cl)nc12)S(C)(=O)=O.COc1cc(C2CCN(C(=O)OC(C)(C)C)CC2)ccc1Nc1ncc2scc(-c3ccccc3N(C)S(C)(=O)=O)c2n1.COc1cc(C2CCNCC2)ccc1Nc1ncc2scc(-c3ccccc3N(C)S(C)(=O)=O)c2n1.O=C(O)C(F)(F)F. The molecule has 0 unspecified atom stereocenters. The molecule has 6 aromatic heterocycles. The van der Waals surface area contributed by atoms with Crippen molar-refractivity contribution in [3.63, 3.8) is 0 Å². The average Bonchev–Trinajstić information content (AvgIpc) is 1.64. The third kappa shape index (κ3) is 19.8. The number of anilines is 7. The van der Waals surface area contributed by atoms with E-state index in [1.165, 1.54) is 78.3 Å². The number of alkyl halides is 3. The van der Waals surface area contributed by atoms with E-state index in [-0.39, 0.29) is 11.4 Å². The highest BCUT2D eigenvalue weighted by atomic mass is 35.5. The molecule has 108 heavy (non-hydrogen) atoms. The Bertz CT molecular complexity index is 5440. The second-order valence-electron chi connectivity index (χ2n) is 26.1. The van der Waals surface area contributed by atoms with E-state index in [2.05, 4.69) is 54.1 Å². The number of aliphatic carboxylic acids is 1. The molecule has 0 aliphatic carbocycles. The largest absolute Gasteiger partial charge is 0.495 e. The van der Waals surface area contributed by atoms with Crippen molar-refractivity contribution in [2.45, 2.75) is 70.1 Å². The van der Waals surface area contributed by atoms with Crippen molar-refractivity contribution in [3.05, 3.63) is 160 Å². The monoisotopic (exact) mass is 1610 g/mol. The Labute approximate surface area is 640 Å². The van der Waals surface area contributed by atoms with Crippen LogP contribution in [0.5, 0.6) is 11.5 Å². The van der Waals surface area contributed by atoms with Crippen LogP contribution in [0.15, 0.2) is 144 Å². The highest BCUT2D eigenvalue weighted by Gasteiger charge is 2.38. The normalized spacial score (nSPS) is 13.8. The minimum absolute atomic E-state index is 0.168. The number of carbonyl (C=O) groups is 2. The highest BCUT2D eigenvalue weighted by Crippen LogP contribution is 2.44. The third-order valence-corrected chi connectivity index (χ3v) is 24.1. The van der Waals surface area contributed by atoms with E-state index in [4.69, 9.17) is 45.7 Å². The van der Waals surface area contributed by atoms with Crippen LogP contribution in [0.3, 0.4) is 0 Å². The van der Waals surface area contributed by atoms with Crippen molar-refractivity contribution < 1.29 is 67.3 Å². The van der Waals surface area contributed by atoms with Gasteiger partial charge in [0.1, 0.15) is 17.1 Å². The number of carboxylic acid groups (broad SMARTS) is 1. The van der Waals surface area contributed by atoms with Gasteiger partial charge in [-0.3, -0.25) is 12.9 Å². The van der Waals surface area contributed by atoms with Gasteiger partial charge in [-0.25, -0.2) is 64.7 Å². The number of carbonyl (C=O) groups excluding carboxylic acids is 1. The van der Waals surface area contributed by atoms with Crippen LogP contribution in [0.2, 0.25) is 5.28 Å². The number of hydrogen-bond acceptors (Lipinski definition) is 23. The second kappa shape index (κ2) is 33.9. The lowest BCUT2D eigenvalue weighted by Gasteiger charge is -2.33. The van der Waals surface area contributed by atoms with E-state index in [1.54, 1.807) is 76.1 Å². The van der Waals surface area contributed by atoms with E-state index < -0.39 is 47.8 Å².